The number of aliphatic carboxylic acids is 1. The molecule has 0 bridgehead atoms. The summed E-state index contributed by atoms with van der Waals surface area (Å²) in [6.07, 6.45) is -0.486. The van der Waals surface area contributed by atoms with E-state index in [0.29, 0.717) is 0 Å². The summed E-state index contributed by atoms with van der Waals surface area (Å²) < 4.78 is 0. The van der Waals surface area contributed by atoms with E-state index in [1.165, 1.54) is 6.92 Å². The van der Waals surface area contributed by atoms with Crippen LogP contribution < -0.4 is 27.4 Å². The van der Waals surface area contributed by atoms with Crippen molar-refractivity contribution in [2.45, 2.75) is 65.2 Å². The van der Waals surface area contributed by atoms with Gasteiger partial charge >= 0.3 is 5.97 Å². The molecule has 0 fully saturated rings. The highest BCUT2D eigenvalue weighted by Crippen LogP contribution is 2.05. The predicted molar refractivity (Wildman–Crippen MR) is 101 cm³/mol. The second kappa shape index (κ2) is 11.2. The Balaban J connectivity index is 5.32. The molecule has 0 aromatic carbocycles. The van der Waals surface area contributed by atoms with Crippen LogP contribution in [0.25, 0.3) is 0 Å². The molecule has 0 spiro atoms. The number of nitrogens with two attached hydrogens (primary N) is 2. The molecule has 0 aromatic heterocycles. The number of primary amides is 1. The predicted octanol–water partition coefficient (Wildman–Crippen LogP) is -1.94. The Labute approximate surface area is 164 Å². The minimum absolute atomic E-state index is 0.205. The van der Waals surface area contributed by atoms with Crippen molar-refractivity contribution in [3.8, 4) is 0 Å². The van der Waals surface area contributed by atoms with Gasteiger partial charge in [0.25, 0.3) is 0 Å². The molecule has 28 heavy (non-hydrogen) atoms. The van der Waals surface area contributed by atoms with Crippen molar-refractivity contribution in [3.05, 3.63) is 0 Å². The maximum absolute atomic E-state index is 12.6. The van der Waals surface area contributed by atoms with E-state index < -0.39 is 66.1 Å². The van der Waals surface area contributed by atoms with Crippen LogP contribution in [0.15, 0.2) is 0 Å². The second-order valence-electron chi connectivity index (χ2n) is 7.30. The molecule has 0 aliphatic rings. The first-order chi connectivity index (χ1) is 12.8. The van der Waals surface area contributed by atoms with Crippen molar-refractivity contribution in [3.63, 3.8) is 0 Å². The fourth-order valence-electron chi connectivity index (χ4n) is 2.13. The van der Waals surface area contributed by atoms with Gasteiger partial charge in [0.05, 0.1) is 12.5 Å². The van der Waals surface area contributed by atoms with Gasteiger partial charge in [-0.2, -0.15) is 0 Å². The quantitative estimate of drug-likeness (QED) is 0.232. The molecular weight excluding hydrogens is 370 g/mol. The van der Waals surface area contributed by atoms with Gasteiger partial charge in [0.15, 0.2) is 0 Å². The number of amides is 4. The summed E-state index contributed by atoms with van der Waals surface area (Å²) in [7, 11) is 0. The summed E-state index contributed by atoms with van der Waals surface area (Å²) in [6, 6.07) is -4.46. The number of rotatable bonds is 11. The molecule has 0 aliphatic heterocycles. The highest BCUT2D eigenvalue weighted by Gasteiger charge is 2.32. The standard InChI is InChI=1S/C17H31N5O6/c1-7(2)12(19)15(25)21-10(6-11(18)23)14(24)22-13(8(3)4)16(26)20-9(5)17(27)28/h7-10,12-13H,6,19H2,1-5H3,(H2,18,23)(H,20,26)(H,21,25)(H,22,24)(H,27,28). The zero-order valence-corrected chi connectivity index (χ0v) is 16.8. The second-order valence-corrected chi connectivity index (χ2v) is 7.30. The fraction of sp³-hybridized carbons (Fsp3) is 0.706. The molecule has 0 heterocycles. The van der Waals surface area contributed by atoms with Crippen LogP contribution in [0, 0.1) is 11.8 Å². The van der Waals surface area contributed by atoms with Crippen LogP contribution in [0.3, 0.4) is 0 Å². The first kappa shape index (κ1) is 25.3. The lowest BCUT2D eigenvalue weighted by Crippen LogP contribution is -2.59. The minimum atomic E-state index is -1.32. The topological polar surface area (TPSA) is 194 Å². The third-order valence-corrected chi connectivity index (χ3v) is 4.04. The van der Waals surface area contributed by atoms with Crippen LogP contribution in [-0.2, 0) is 24.0 Å². The molecular formula is C17H31N5O6. The maximum atomic E-state index is 12.6. The zero-order valence-electron chi connectivity index (χ0n) is 16.8. The summed E-state index contributed by atoms with van der Waals surface area (Å²) >= 11 is 0. The Kier molecular flexibility index (Phi) is 10.1. The van der Waals surface area contributed by atoms with Crippen LogP contribution in [0.2, 0.25) is 0 Å². The van der Waals surface area contributed by atoms with Gasteiger partial charge in [-0.25, -0.2) is 0 Å². The number of carboxylic acids is 1. The van der Waals surface area contributed by atoms with Crippen molar-refractivity contribution in [2.24, 2.45) is 23.3 Å². The van der Waals surface area contributed by atoms with Gasteiger partial charge in [0, 0.05) is 0 Å². The van der Waals surface area contributed by atoms with E-state index in [1.807, 2.05) is 0 Å². The molecule has 8 N–H and O–H groups in total. The Hall–Kier alpha value is -2.69. The maximum Gasteiger partial charge on any atom is 0.325 e. The summed E-state index contributed by atoms with van der Waals surface area (Å²) in [4.78, 5) is 59.2. The number of carbonyl (C=O) groups excluding carboxylic acids is 4. The Morgan fingerprint density at radius 3 is 1.75 bits per heavy atom. The minimum Gasteiger partial charge on any atom is -0.480 e. The summed E-state index contributed by atoms with van der Waals surface area (Å²) in [6.45, 7) is 8.01. The van der Waals surface area contributed by atoms with Crippen molar-refractivity contribution >= 4 is 29.6 Å². The van der Waals surface area contributed by atoms with E-state index in [1.54, 1.807) is 27.7 Å². The molecule has 0 aliphatic carbocycles. The van der Waals surface area contributed by atoms with Gasteiger partial charge in [-0.1, -0.05) is 27.7 Å². The number of nitrogens with one attached hydrogen (secondary N) is 3. The molecule has 4 atom stereocenters. The lowest BCUT2D eigenvalue weighted by molar-refractivity contribution is -0.142. The van der Waals surface area contributed by atoms with Crippen molar-refractivity contribution < 1.29 is 29.1 Å². The monoisotopic (exact) mass is 401 g/mol. The van der Waals surface area contributed by atoms with Crippen molar-refractivity contribution in [2.75, 3.05) is 0 Å². The largest absolute Gasteiger partial charge is 0.480 e. The molecule has 0 radical (unpaired) electrons. The van der Waals surface area contributed by atoms with E-state index in [4.69, 9.17) is 16.6 Å². The summed E-state index contributed by atoms with van der Waals surface area (Å²) in [5, 5.41) is 16.0. The first-order valence-electron chi connectivity index (χ1n) is 8.95. The Morgan fingerprint density at radius 2 is 1.36 bits per heavy atom. The van der Waals surface area contributed by atoms with Crippen LogP contribution in [0.1, 0.15) is 41.0 Å². The molecule has 0 aromatic rings. The lowest BCUT2D eigenvalue weighted by Gasteiger charge is -2.26. The lowest BCUT2D eigenvalue weighted by atomic mass is 10.0. The number of hydrogen-bond acceptors (Lipinski definition) is 6. The average Bonchev–Trinajstić information content (AvgIpc) is 2.56. The highest BCUT2D eigenvalue weighted by atomic mass is 16.4. The van der Waals surface area contributed by atoms with Crippen molar-refractivity contribution in [1.82, 2.24) is 16.0 Å². The summed E-state index contributed by atoms with van der Waals surface area (Å²) in [5.74, 6) is -4.81. The van der Waals surface area contributed by atoms with Crippen LogP contribution in [-0.4, -0.2) is 58.9 Å². The molecule has 160 valence electrons. The van der Waals surface area contributed by atoms with Crippen LogP contribution >= 0.6 is 0 Å². The van der Waals surface area contributed by atoms with Gasteiger partial charge < -0.3 is 32.5 Å². The summed E-state index contributed by atoms with van der Waals surface area (Å²) in [5.41, 5.74) is 10.9. The van der Waals surface area contributed by atoms with Crippen LogP contribution in [0.4, 0.5) is 0 Å². The highest BCUT2D eigenvalue weighted by molar-refractivity contribution is 5.96. The van der Waals surface area contributed by atoms with Gasteiger partial charge in [0.2, 0.25) is 23.6 Å². The van der Waals surface area contributed by atoms with E-state index in [-0.39, 0.29) is 5.92 Å². The Bertz CT molecular complexity index is 607. The number of carboxylic acid groups (broad SMARTS) is 1. The molecule has 4 amide bonds. The van der Waals surface area contributed by atoms with Crippen molar-refractivity contribution in [1.29, 1.82) is 0 Å². The normalized spacial score (nSPS) is 15.3. The number of carbonyl (C=O) groups is 5. The fourth-order valence-corrected chi connectivity index (χ4v) is 2.13. The molecule has 0 rings (SSSR count). The first-order valence-corrected chi connectivity index (χ1v) is 8.95. The van der Waals surface area contributed by atoms with Gasteiger partial charge in [0.1, 0.15) is 18.1 Å². The average molecular weight is 401 g/mol. The van der Waals surface area contributed by atoms with Gasteiger partial charge in [-0.3, -0.25) is 24.0 Å². The van der Waals surface area contributed by atoms with E-state index >= 15 is 0 Å². The molecule has 11 nitrogen and oxygen atoms in total. The van der Waals surface area contributed by atoms with E-state index in [9.17, 15) is 24.0 Å². The Morgan fingerprint density at radius 1 is 0.821 bits per heavy atom. The van der Waals surface area contributed by atoms with Gasteiger partial charge in [-0.15, -0.1) is 0 Å². The van der Waals surface area contributed by atoms with Crippen LogP contribution in [0.5, 0.6) is 0 Å². The molecule has 4 unspecified atom stereocenters. The molecule has 11 heteroatoms. The third kappa shape index (κ3) is 8.33. The van der Waals surface area contributed by atoms with Gasteiger partial charge in [-0.05, 0) is 18.8 Å². The number of hydrogen-bond donors (Lipinski definition) is 6. The van der Waals surface area contributed by atoms with E-state index in [2.05, 4.69) is 16.0 Å². The molecule has 0 saturated carbocycles. The zero-order chi connectivity index (χ0) is 22.2. The SMILES string of the molecule is CC(NC(=O)C(NC(=O)C(CC(N)=O)NC(=O)C(N)C(C)C)C(C)C)C(=O)O. The third-order valence-electron chi connectivity index (χ3n) is 4.04. The molecule has 0 saturated heterocycles. The smallest absolute Gasteiger partial charge is 0.325 e. The van der Waals surface area contributed by atoms with E-state index in [0.717, 1.165) is 0 Å².